The summed E-state index contributed by atoms with van der Waals surface area (Å²) < 4.78 is 11.3. The molecule has 23 heavy (non-hydrogen) atoms. The Labute approximate surface area is 143 Å². The second kappa shape index (κ2) is 7.30. The SMILES string of the molecule is C[C@@H]1CCN(C(=O)OCc2ccccc2)[C@H]1C(=S)OC(C)(C)C. The minimum atomic E-state index is -0.362. The molecule has 1 aromatic carbocycles. The fourth-order valence-corrected chi connectivity index (χ4v) is 3.29. The van der Waals surface area contributed by atoms with Crippen molar-refractivity contribution in [1.29, 1.82) is 0 Å². The molecule has 0 N–H and O–H groups in total. The highest BCUT2D eigenvalue weighted by Crippen LogP contribution is 2.28. The van der Waals surface area contributed by atoms with Crippen molar-refractivity contribution in [3.05, 3.63) is 35.9 Å². The number of carbonyl (C=O) groups excluding carboxylic acids is 1. The van der Waals surface area contributed by atoms with Gasteiger partial charge in [-0.3, -0.25) is 4.90 Å². The number of benzene rings is 1. The first-order chi connectivity index (χ1) is 10.8. The van der Waals surface area contributed by atoms with Gasteiger partial charge in [-0.15, -0.1) is 0 Å². The molecule has 126 valence electrons. The van der Waals surface area contributed by atoms with Crippen molar-refractivity contribution in [2.75, 3.05) is 6.54 Å². The van der Waals surface area contributed by atoms with Crippen LogP contribution in [0.2, 0.25) is 0 Å². The van der Waals surface area contributed by atoms with Gasteiger partial charge in [-0.25, -0.2) is 4.79 Å². The Morgan fingerprint density at radius 3 is 2.57 bits per heavy atom. The monoisotopic (exact) mass is 335 g/mol. The summed E-state index contributed by atoms with van der Waals surface area (Å²) in [5, 5.41) is 0.471. The quantitative estimate of drug-likeness (QED) is 0.777. The van der Waals surface area contributed by atoms with Crippen LogP contribution in [0.4, 0.5) is 4.79 Å². The van der Waals surface area contributed by atoms with E-state index in [0.717, 1.165) is 12.0 Å². The molecule has 1 saturated heterocycles. The zero-order valence-corrected chi connectivity index (χ0v) is 15.1. The molecular formula is C18H25NO3S. The van der Waals surface area contributed by atoms with Gasteiger partial charge in [-0.2, -0.15) is 0 Å². The van der Waals surface area contributed by atoms with Gasteiger partial charge in [-0.05, 0) is 50.9 Å². The molecule has 1 amide bonds. The summed E-state index contributed by atoms with van der Waals surface area (Å²) in [7, 11) is 0. The van der Waals surface area contributed by atoms with Crippen LogP contribution < -0.4 is 0 Å². The molecule has 1 aliphatic heterocycles. The van der Waals surface area contributed by atoms with Crippen LogP contribution in [0.3, 0.4) is 0 Å². The lowest BCUT2D eigenvalue weighted by Gasteiger charge is -2.30. The molecule has 0 bridgehead atoms. The van der Waals surface area contributed by atoms with Crippen molar-refractivity contribution in [1.82, 2.24) is 4.90 Å². The van der Waals surface area contributed by atoms with Crippen molar-refractivity contribution in [3.63, 3.8) is 0 Å². The standard InChI is InChI=1S/C18H25NO3S/c1-13-10-11-19(15(13)16(23)22-18(2,3)4)17(20)21-12-14-8-6-5-7-9-14/h5-9,13,15H,10-12H2,1-4H3/t13-,15-/m1/s1. The number of nitrogens with zero attached hydrogens (tertiary/aromatic N) is 1. The average molecular weight is 335 g/mol. The maximum atomic E-state index is 12.4. The summed E-state index contributed by atoms with van der Waals surface area (Å²) >= 11 is 5.44. The maximum Gasteiger partial charge on any atom is 0.410 e. The van der Waals surface area contributed by atoms with Crippen LogP contribution in [-0.4, -0.2) is 34.2 Å². The molecule has 0 saturated carbocycles. The molecule has 2 atom stereocenters. The van der Waals surface area contributed by atoms with E-state index in [9.17, 15) is 4.79 Å². The summed E-state index contributed by atoms with van der Waals surface area (Å²) in [6.07, 6.45) is 0.571. The van der Waals surface area contributed by atoms with Crippen LogP contribution in [0.25, 0.3) is 0 Å². The van der Waals surface area contributed by atoms with E-state index < -0.39 is 0 Å². The maximum absolute atomic E-state index is 12.4. The van der Waals surface area contributed by atoms with Gasteiger partial charge < -0.3 is 9.47 Å². The lowest BCUT2D eigenvalue weighted by Crippen LogP contribution is -2.45. The number of rotatable bonds is 3. The van der Waals surface area contributed by atoms with Crippen LogP contribution in [-0.2, 0) is 16.1 Å². The minimum Gasteiger partial charge on any atom is -0.479 e. The second-order valence-corrected chi connectivity index (χ2v) is 7.38. The van der Waals surface area contributed by atoms with Gasteiger partial charge in [0.25, 0.3) is 0 Å². The molecule has 0 radical (unpaired) electrons. The van der Waals surface area contributed by atoms with Crippen molar-refractivity contribution in [3.8, 4) is 0 Å². The molecule has 5 heteroatoms. The highest BCUT2D eigenvalue weighted by molar-refractivity contribution is 7.80. The van der Waals surface area contributed by atoms with Crippen molar-refractivity contribution < 1.29 is 14.3 Å². The highest BCUT2D eigenvalue weighted by atomic mass is 32.1. The Kier molecular flexibility index (Phi) is 5.63. The van der Waals surface area contributed by atoms with Gasteiger partial charge in [0, 0.05) is 6.54 Å². The first-order valence-corrected chi connectivity index (χ1v) is 8.39. The first-order valence-electron chi connectivity index (χ1n) is 7.98. The number of thiocarbonyl (C=S) groups is 1. The van der Waals surface area contributed by atoms with Gasteiger partial charge in [-0.1, -0.05) is 37.3 Å². The Morgan fingerprint density at radius 2 is 1.96 bits per heavy atom. The number of amides is 1. The fourth-order valence-electron chi connectivity index (χ4n) is 2.68. The van der Waals surface area contributed by atoms with E-state index in [1.807, 2.05) is 51.1 Å². The topological polar surface area (TPSA) is 38.8 Å². The number of likely N-dealkylation sites (tertiary alicyclic amines) is 1. The molecule has 2 rings (SSSR count). The van der Waals surface area contributed by atoms with E-state index in [2.05, 4.69) is 6.92 Å². The number of carbonyl (C=O) groups is 1. The number of ether oxygens (including phenoxy) is 2. The fraction of sp³-hybridized carbons (Fsp3) is 0.556. The summed E-state index contributed by atoms with van der Waals surface area (Å²) in [5.41, 5.74) is 0.608. The molecule has 0 aliphatic carbocycles. The van der Waals surface area contributed by atoms with Gasteiger partial charge >= 0.3 is 6.09 Å². The summed E-state index contributed by atoms with van der Waals surface area (Å²) in [5.74, 6) is 0.272. The zero-order chi connectivity index (χ0) is 17.0. The van der Waals surface area contributed by atoms with Crippen molar-refractivity contribution in [2.45, 2.75) is 52.4 Å². The van der Waals surface area contributed by atoms with E-state index in [4.69, 9.17) is 21.7 Å². The van der Waals surface area contributed by atoms with E-state index in [1.54, 1.807) is 4.90 Å². The zero-order valence-electron chi connectivity index (χ0n) is 14.2. The van der Waals surface area contributed by atoms with Gasteiger partial charge in [0.2, 0.25) is 0 Å². The number of hydrogen-bond acceptors (Lipinski definition) is 4. The normalized spacial score (nSPS) is 21.1. The molecule has 1 aromatic rings. The highest BCUT2D eigenvalue weighted by Gasteiger charge is 2.40. The number of hydrogen-bond donors (Lipinski definition) is 0. The molecule has 4 nitrogen and oxygen atoms in total. The smallest absolute Gasteiger partial charge is 0.410 e. The molecule has 1 fully saturated rings. The molecule has 1 aliphatic rings. The molecule has 1 heterocycles. The summed E-state index contributed by atoms with van der Waals surface area (Å²) in [4.78, 5) is 14.1. The average Bonchev–Trinajstić information content (AvgIpc) is 2.86. The van der Waals surface area contributed by atoms with E-state index >= 15 is 0 Å². The Hall–Kier alpha value is -1.62. The van der Waals surface area contributed by atoms with Gasteiger partial charge in [0.1, 0.15) is 18.2 Å². The van der Waals surface area contributed by atoms with E-state index in [0.29, 0.717) is 11.6 Å². The minimum absolute atomic E-state index is 0.201. The van der Waals surface area contributed by atoms with Gasteiger partial charge in [0.05, 0.1) is 0 Å². The van der Waals surface area contributed by atoms with Crippen molar-refractivity contribution in [2.24, 2.45) is 5.92 Å². The molecule has 0 spiro atoms. The lowest BCUT2D eigenvalue weighted by atomic mass is 10.0. The third-order valence-corrected chi connectivity index (χ3v) is 4.11. The summed E-state index contributed by atoms with van der Waals surface area (Å²) in [6, 6.07) is 9.46. The van der Waals surface area contributed by atoms with E-state index in [1.165, 1.54) is 0 Å². The van der Waals surface area contributed by atoms with Crippen LogP contribution in [0.15, 0.2) is 30.3 Å². The largest absolute Gasteiger partial charge is 0.479 e. The summed E-state index contributed by atoms with van der Waals surface area (Å²) in [6.45, 7) is 8.87. The third-order valence-electron chi connectivity index (χ3n) is 3.79. The predicted octanol–water partition coefficient (Wildman–Crippen LogP) is 4.18. The third kappa shape index (κ3) is 4.93. The van der Waals surface area contributed by atoms with Crippen LogP contribution >= 0.6 is 12.2 Å². The predicted molar refractivity (Wildman–Crippen MR) is 94.3 cm³/mol. The van der Waals surface area contributed by atoms with Crippen LogP contribution in [0, 0.1) is 5.92 Å². The van der Waals surface area contributed by atoms with Crippen LogP contribution in [0.5, 0.6) is 0 Å². The Morgan fingerprint density at radius 1 is 1.30 bits per heavy atom. The van der Waals surface area contributed by atoms with Crippen LogP contribution in [0.1, 0.15) is 39.7 Å². The molecule has 0 aromatic heterocycles. The van der Waals surface area contributed by atoms with E-state index in [-0.39, 0.29) is 30.3 Å². The van der Waals surface area contributed by atoms with Crippen molar-refractivity contribution >= 4 is 23.4 Å². The first kappa shape index (κ1) is 17.7. The van der Waals surface area contributed by atoms with Gasteiger partial charge in [0.15, 0.2) is 5.05 Å². The molecular weight excluding hydrogens is 310 g/mol. The lowest BCUT2D eigenvalue weighted by molar-refractivity contribution is 0.0795. The Bertz CT molecular complexity index is 553. The Balaban J connectivity index is 1.99. The molecule has 0 unspecified atom stereocenters. The second-order valence-electron chi connectivity index (χ2n) is 6.98.